The van der Waals surface area contributed by atoms with Gasteiger partial charge in [-0.3, -0.25) is 0 Å². The summed E-state index contributed by atoms with van der Waals surface area (Å²) in [5.41, 5.74) is 6.11. The third-order valence-corrected chi connectivity index (χ3v) is 3.21. The van der Waals surface area contributed by atoms with Crippen LogP contribution in [0.4, 0.5) is 18.9 Å². The Morgan fingerprint density at radius 1 is 1.00 bits per heavy atom. The molecule has 0 unspecified atom stereocenters. The van der Waals surface area contributed by atoms with Gasteiger partial charge in [0, 0.05) is 12.1 Å². The van der Waals surface area contributed by atoms with Gasteiger partial charge in [0.25, 0.3) is 0 Å². The number of benzene rings is 2. The molecule has 2 rings (SSSR count). The second-order valence-electron chi connectivity index (χ2n) is 4.46. The summed E-state index contributed by atoms with van der Waals surface area (Å²) < 4.78 is 40.2. The van der Waals surface area contributed by atoms with Crippen LogP contribution in [0, 0.1) is 17.5 Å². The van der Waals surface area contributed by atoms with Crippen LogP contribution < -0.4 is 11.1 Å². The summed E-state index contributed by atoms with van der Waals surface area (Å²) in [5, 5.41) is 2.79. The van der Waals surface area contributed by atoms with Crippen LogP contribution in [0.15, 0.2) is 36.4 Å². The van der Waals surface area contributed by atoms with Crippen molar-refractivity contribution < 1.29 is 13.2 Å². The number of halogens is 3. The van der Waals surface area contributed by atoms with E-state index in [1.165, 1.54) is 24.3 Å². The molecule has 21 heavy (non-hydrogen) atoms. The highest BCUT2D eigenvalue weighted by atomic mass is 32.1. The van der Waals surface area contributed by atoms with Crippen LogP contribution in [0.3, 0.4) is 0 Å². The number of hydrogen-bond acceptors (Lipinski definition) is 2. The van der Waals surface area contributed by atoms with Crippen LogP contribution in [0.2, 0.25) is 0 Å². The summed E-state index contributed by atoms with van der Waals surface area (Å²) in [6, 6.07) is 8.71. The van der Waals surface area contributed by atoms with Crippen molar-refractivity contribution in [2.45, 2.75) is 6.42 Å². The smallest absolute Gasteiger partial charge is 0.182 e. The summed E-state index contributed by atoms with van der Waals surface area (Å²) in [4.78, 5) is -0.190. The highest BCUT2D eigenvalue weighted by Gasteiger charge is 2.14. The number of rotatable bonds is 5. The van der Waals surface area contributed by atoms with E-state index < -0.39 is 11.6 Å². The van der Waals surface area contributed by atoms with Crippen LogP contribution in [-0.2, 0) is 6.42 Å². The monoisotopic (exact) mass is 310 g/mol. The lowest BCUT2D eigenvalue weighted by Gasteiger charge is -2.10. The van der Waals surface area contributed by atoms with Gasteiger partial charge in [0.15, 0.2) is 11.6 Å². The fourth-order valence-electron chi connectivity index (χ4n) is 1.87. The zero-order chi connectivity index (χ0) is 15.4. The van der Waals surface area contributed by atoms with Crippen molar-refractivity contribution >= 4 is 22.9 Å². The van der Waals surface area contributed by atoms with E-state index in [9.17, 15) is 13.2 Å². The molecule has 0 fully saturated rings. The summed E-state index contributed by atoms with van der Waals surface area (Å²) in [7, 11) is 0. The lowest BCUT2D eigenvalue weighted by Crippen LogP contribution is -2.14. The molecular formula is C15H13F3N2S. The highest BCUT2D eigenvalue weighted by Crippen LogP contribution is 2.20. The van der Waals surface area contributed by atoms with Crippen molar-refractivity contribution in [3.8, 4) is 0 Å². The van der Waals surface area contributed by atoms with Gasteiger partial charge in [-0.05, 0) is 36.2 Å². The van der Waals surface area contributed by atoms with E-state index in [0.717, 1.165) is 5.56 Å². The van der Waals surface area contributed by atoms with Crippen molar-refractivity contribution in [3.05, 3.63) is 65.0 Å². The van der Waals surface area contributed by atoms with E-state index in [0.29, 0.717) is 13.0 Å². The van der Waals surface area contributed by atoms with Crippen LogP contribution in [0.1, 0.15) is 11.1 Å². The Bertz CT molecular complexity index is 657. The normalized spacial score (nSPS) is 10.4. The molecule has 110 valence electrons. The third-order valence-electron chi connectivity index (χ3n) is 2.99. The quantitative estimate of drug-likeness (QED) is 0.831. The molecule has 0 aliphatic rings. The molecular weight excluding hydrogens is 297 g/mol. The van der Waals surface area contributed by atoms with Gasteiger partial charge in [-0.15, -0.1) is 0 Å². The van der Waals surface area contributed by atoms with Crippen LogP contribution >= 0.6 is 12.2 Å². The van der Waals surface area contributed by atoms with E-state index in [1.54, 1.807) is 12.1 Å². The zero-order valence-electron chi connectivity index (χ0n) is 11.0. The van der Waals surface area contributed by atoms with Crippen molar-refractivity contribution in [2.75, 3.05) is 11.9 Å². The van der Waals surface area contributed by atoms with Crippen molar-refractivity contribution in [1.82, 2.24) is 0 Å². The van der Waals surface area contributed by atoms with Crippen molar-refractivity contribution in [1.29, 1.82) is 0 Å². The number of anilines is 1. The molecule has 6 heteroatoms. The molecule has 0 atom stereocenters. The molecule has 0 aliphatic heterocycles. The molecule has 0 spiro atoms. The number of thiocarbonyl (C=S) groups is 1. The predicted molar refractivity (Wildman–Crippen MR) is 80.8 cm³/mol. The molecule has 0 aliphatic carbocycles. The van der Waals surface area contributed by atoms with Gasteiger partial charge in [0.2, 0.25) is 0 Å². The van der Waals surface area contributed by atoms with E-state index in [4.69, 9.17) is 5.73 Å². The first kappa shape index (κ1) is 15.3. The molecule has 0 saturated heterocycles. The maximum Gasteiger partial charge on any atom is 0.182 e. The SMILES string of the molecule is NC(=S)c1ccc(NCCc2ccc(F)cc2)c(F)c1F. The van der Waals surface area contributed by atoms with E-state index in [1.807, 2.05) is 0 Å². The lowest BCUT2D eigenvalue weighted by atomic mass is 10.1. The Labute approximate surface area is 125 Å². The molecule has 0 aromatic heterocycles. The van der Waals surface area contributed by atoms with E-state index in [-0.39, 0.29) is 22.1 Å². The lowest BCUT2D eigenvalue weighted by molar-refractivity contribution is 0.509. The second kappa shape index (κ2) is 6.58. The van der Waals surface area contributed by atoms with Crippen molar-refractivity contribution in [3.63, 3.8) is 0 Å². The van der Waals surface area contributed by atoms with Crippen LogP contribution in [0.5, 0.6) is 0 Å². The average molecular weight is 310 g/mol. The Morgan fingerprint density at radius 2 is 1.67 bits per heavy atom. The van der Waals surface area contributed by atoms with E-state index >= 15 is 0 Å². The second-order valence-corrected chi connectivity index (χ2v) is 4.90. The summed E-state index contributed by atoms with van der Waals surface area (Å²) >= 11 is 4.63. The Kier molecular flexibility index (Phi) is 4.80. The highest BCUT2D eigenvalue weighted by molar-refractivity contribution is 7.80. The first-order valence-electron chi connectivity index (χ1n) is 6.25. The minimum absolute atomic E-state index is 0.0367. The zero-order valence-corrected chi connectivity index (χ0v) is 11.8. The summed E-state index contributed by atoms with van der Waals surface area (Å²) in [6.45, 7) is 0.383. The fraction of sp³-hybridized carbons (Fsp3) is 0.133. The first-order chi connectivity index (χ1) is 9.99. The van der Waals surface area contributed by atoms with Gasteiger partial charge < -0.3 is 11.1 Å². The molecule has 3 N–H and O–H groups in total. The van der Waals surface area contributed by atoms with Gasteiger partial charge in [0.05, 0.1) is 5.69 Å². The standard InChI is InChI=1S/C15H13F3N2S/c16-10-3-1-9(2-4-10)7-8-20-12-6-5-11(15(19)21)13(17)14(12)18/h1-6,20H,7-8H2,(H2,19,21). The molecule has 2 aromatic rings. The number of nitrogens with two attached hydrogens (primary N) is 1. The Hall–Kier alpha value is -2.08. The number of hydrogen-bond donors (Lipinski definition) is 2. The Morgan fingerprint density at radius 3 is 2.29 bits per heavy atom. The van der Waals surface area contributed by atoms with Gasteiger partial charge in [-0.1, -0.05) is 24.4 Å². The first-order valence-corrected chi connectivity index (χ1v) is 6.66. The van der Waals surface area contributed by atoms with Gasteiger partial charge in [-0.2, -0.15) is 0 Å². The van der Waals surface area contributed by atoms with Crippen LogP contribution in [0.25, 0.3) is 0 Å². The predicted octanol–water partition coefficient (Wildman–Crippen LogP) is 3.39. The third kappa shape index (κ3) is 3.72. The number of nitrogens with one attached hydrogen (secondary N) is 1. The molecule has 0 radical (unpaired) electrons. The molecule has 0 saturated carbocycles. The molecule has 0 amide bonds. The Balaban J connectivity index is 2.02. The molecule has 2 aromatic carbocycles. The summed E-state index contributed by atoms with van der Waals surface area (Å²) in [6.07, 6.45) is 0.554. The molecule has 0 bridgehead atoms. The summed E-state index contributed by atoms with van der Waals surface area (Å²) in [5.74, 6) is -2.39. The molecule has 0 heterocycles. The minimum Gasteiger partial charge on any atom is -0.389 e. The largest absolute Gasteiger partial charge is 0.389 e. The topological polar surface area (TPSA) is 38.0 Å². The van der Waals surface area contributed by atoms with Crippen molar-refractivity contribution in [2.24, 2.45) is 5.73 Å². The molecule has 2 nitrogen and oxygen atoms in total. The van der Waals surface area contributed by atoms with Gasteiger partial charge in [0.1, 0.15) is 10.8 Å². The average Bonchev–Trinajstić information content (AvgIpc) is 2.45. The van der Waals surface area contributed by atoms with E-state index in [2.05, 4.69) is 17.5 Å². The van der Waals surface area contributed by atoms with Crippen LogP contribution in [-0.4, -0.2) is 11.5 Å². The fourth-order valence-corrected chi connectivity index (χ4v) is 2.03. The maximum absolute atomic E-state index is 13.8. The minimum atomic E-state index is -1.06. The maximum atomic E-state index is 13.8. The van der Waals surface area contributed by atoms with Gasteiger partial charge >= 0.3 is 0 Å². The van der Waals surface area contributed by atoms with Gasteiger partial charge in [-0.25, -0.2) is 13.2 Å².